The largest absolute Gasteiger partial charge is 0.444 e. The molecule has 0 bridgehead atoms. The van der Waals surface area contributed by atoms with Crippen LogP contribution in [-0.4, -0.2) is 11.5 Å². The van der Waals surface area contributed by atoms with Crippen LogP contribution in [0.25, 0.3) is 11.3 Å². The van der Waals surface area contributed by atoms with E-state index >= 15 is 0 Å². The highest BCUT2D eigenvalue weighted by molar-refractivity contribution is 5.60. The third kappa shape index (κ3) is 2.37. The average Bonchev–Trinajstić information content (AvgIpc) is 2.80. The maximum atomic E-state index is 5.21. The van der Waals surface area contributed by atoms with E-state index in [1.807, 2.05) is 24.3 Å². The number of oxazole rings is 1. The van der Waals surface area contributed by atoms with Crippen molar-refractivity contribution in [3.8, 4) is 11.3 Å². The Balaban J connectivity index is 2.11. The van der Waals surface area contributed by atoms with E-state index < -0.39 is 0 Å². The smallest absolute Gasteiger partial charge is 0.181 e. The Labute approximate surface area is 89.1 Å². The van der Waals surface area contributed by atoms with Gasteiger partial charge in [0.15, 0.2) is 12.2 Å². The van der Waals surface area contributed by atoms with Gasteiger partial charge < -0.3 is 9.73 Å². The molecule has 0 saturated carbocycles. The van der Waals surface area contributed by atoms with Gasteiger partial charge in [0.05, 0.1) is 6.20 Å². The summed E-state index contributed by atoms with van der Waals surface area (Å²) in [5, 5.41) is 3.32. The Kier molecular flexibility index (Phi) is 3.02. The second-order valence-corrected chi connectivity index (χ2v) is 3.37. The van der Waals surface area contributed by atoms with Crippen LogP contribution in [0.1, 0.15) is 13.3 Å². The van der Waals surface area contributed by atoms with Crippen LogP contribution in [0.15, 0.2) is 41.3 Å². The lowest BCUT2D eigenvalue weighted by Crippen LogP contribution is -1.98. The van der Waals surface area contributed by atoms with Gasteiger partial charge in [-0.3, -0.25) is 0 Å². The van der Waals surface area contributed by atoms with Crippen molar-refractivity contribution in [2.45, 2.75) is 13.3 Å². The number of nitrogens with one attached hydrogen (secondary N) is 1. The molecule has 1 aromatic carbocycles. The predicted molar refractivity (Wildman–Crippen MR) is 60.7 cm³/mol. The molecule has 2 aromatic rings. The summed E-state index contributed by atoms with van der Waals surface area (Å²) in [7, 11) is 0. The molecular weight excluding hydrogens is 188 g/mol. The van der Waals surface area contributed by atoms with Crippen molar-refractivity contribution in [3.05, 3.63) is 36.9 Å². The van der Waals surface area contributed by atoms with Gasteiger partial charge in [-0.2, -0.15) is 0 Å². The quantitative estimate of drug-likeness (QED) is 0.827. The fourth-order valence-electron chi connectivity index (χ4n) is 1.38. The average molecular weight is 202 g/mol. The number of nitrogens with zero attached hydrogens (tertiary/aromatic N) is 1. The molecule has 0 saturated heterocycles. The molecule has 78 valence electrons. The fraction of sp³-hybridized carbons (Fsp3) is 0.250. The van der Waals surface area contributed by atoms with Crippen LogP contribution in [-0.2, 0) is 0 Å². The number of aromatic nitrogens is 1. The number of benzene rings is 1. The van der Waals surface area contributed by atoms with E-state index in [9.17, 15) is 0 Å². The van der Waals surface area contributed by atoms with Gasteiger partial charge in [0.2, 0.25) is 0 Å². The Bertz CT molecular complexity index is 392. The van der Waals surface area contributed by atoms with E-state index in [0.717, 1.165) is 30.0 Å². The van der Waals surface area contributed by atoms with E-state index in [-0.39, 0.29) is 0 Å². The summed E-state index contributed by atoms with van der Waals surface area (Å²) in [4.78, 5) is 3.89. The number of hydrogen-bond acceptors (Lipinski definition) is 3. The summed E-state index contributed by atoms with van der Waals surface area (Å²) < 4.78 is 5.21. The Morgan fingerprint density at radius 3 is 2.67 bits per heavy atom. The van der Waals surface area contributed by atoms with Gasteiger partial charge in [0, 0.05) is 17.8 Å². The summed E-state index contributed by atoms with van der Waals surface area (Å²) in [6.45, 7) is 3.15. The lowest BCUT2D eigenvalue weighted by molar-refractivity contribution is 0.572. The molecule has 0 atom stereocenters. The Hall–Kier alpha value is -1.77. The van der Waals surface area contributed by atoms with Gasteiger partial charge in [0.1, 0.15) is 0 Å². The third-order valence-electron chi connectivity index (χ3n) is 2.18. The van der Waals surface area contributed by atoms with Crippen molar-refractivity contribution in [2.75, 3.05) is 11.9 Å². The van der Waals surface area contributed by atoms with Gasteiger partial charge in [-0.1, -0.05) is 6.92 Å². The van der Waals surface area contributed by atoms with Gasteiger partial charge >= 0.3 is 0 Å². The maximum absolute atomic E-state index is 5.21. The van der Waals surface area contributed by atoms with Crippen molar-refractivity contribution in [1.82, 2.24) is 4.98 Å². The van der Waals surface area contributed by atoms with Gasteiger partial charge in [0.25, 0.3) is 0 Å². The Morgan fingerprint density at radius 1 is 1.27 bits per heavy atom. The lowest BCUT2D eigenvalue weighted by atomic mass is 10.1. The van der Waals surface area contributed by atoms with Crippen LogP contribution in [0.3, 0.4) is 0 Å². The highest BCUT2D eigenvalue weighted by atomic mass is 16.3. The van der Waals surface area contributed by atoms with E-state index in [1.165, 1.54) is 6.39 Å². The van der Waals surface area contributed by atoms with Crippen LogP contribution >= 0.6 is 0 Å². The highest BCUT2D eigenvalue weighted by Gasteiger charge is 2.00. The van der Waals surface area contributed by atoms with E-state index in [2.05, 4.69) is 17.2 Å². The van der Waals surface area contributed by atoms with Gasteiger partial charge in [-0.25, -0.2) is 4.98 Å². The molecule has 0 unspecified atom stereocenters. The van der Waals surface area contributed by atoms with Crippen molar-refractivity contribution in [1.29, 1.82) is 0 Å². The summed E-state index contributed by atoms with van der Waals surface area (Å²) >= 11 is 0. The monoisotopic (exact) mass is 202 g/mol. The first-order chi connectivity index (χ1) is 7.40. The zero-order valence-corrected chi connectivity index (χ0v) is 8.73. The maximum Gasteiger partial charge on any atom is 0.181 e. The van der Waals surface area contributed by atoms with Crippen molar-refractivity contribution < 1.29 is 4.42 Å². The minimum atomic E-state index is 0.803. The van der Waals surface area contributed by atoms with Crippen molar-refractivity contribution in [2.24, 2.45) is 0 Å². The molecule has 2 rings (SSSR count). The molecule has 0 aliphatic heterocycles. The van der Waals surface area contributed by atoms with Crippen LogP contribution in [0.4, 0.5) is 5.69 Å². The molecular formula is C12H14N2O. The lowest BCUT2D eigenvalue weighted by Gasteiger charge is -2.04. The second-order valence-electron chi connectivity index (χ2n) is 3.37. The molecule has 0 radical (unpaired) electrons. The van der Waals surface area contributed by atoms with Crippen LogP contribution in [0.5, 0.6) is 0 Å². The van der Waals surface area contributed by atoms with Gasteiger partial charge in [-0.15, -0.1) is 0 Å². The first kappa shape index (κ1) is 9.77. The molecule has 1 aromatic heterocycles. The molecule has 0 spiro atoms. The SMILES string of the molecule is CCCNc1ccc(-c2cnco2)cc1. The molecule has 1 N–H and O–H groups in total. The molecule has 15 heavy (non-hydrogen) atoms. The van der Waals surface area contributed by atoms with E-state index in [4.69, 9.17) is 4.42 Å². The first-order valence-electron chi connectivity index (χ1n) is 5.13. The predicted octanol–water partition coefficient (Wildman–Crippen LogP) is 3.16. The third-order valence-corrected chi connectivity index (χ3v) is 2.18. The number of rotatable bonds is 4. The normalized spacial score (nSPS) is 10.2. The van der Waals surface area contributed by atoms with E-state index in [1.54, 1.807) is 6.20 Å². The van der Waals surface area contributed by atoms with Gasteiger partial charge in [-0.05, 0) is 30.7 Å². The fourth-order valence-corrected chi connectivity index (χ4v) is 1.38. The number of anilines is 1. The van der Waals surface area contributed by atoms with Crippen molar-refractivity contribution in [3.63, 3.8) is 0 Å². The Morgan fingerprint density at radius 2 is 2.07 bits per heavy atom. The second kappa shape index (κ2) is 4.64. The minimum absolute atomic E-state index is 0.803. The van der Waals surface area contributed by atoms with Crippen LogP contribution in [0.2, 0.25) is 0 Å². The molecule has 0 aliphatic rings. The molecule has 0 amide bonds. The van der Waals surface area contributed by atoms with E-state index in [0.29, 0.717) is 0 Å². The number of hydrogen-bond donors (Lipinski definition) is 1. The molecule has 3 nitrogen and oxygen atoms in total. The standard InChI is InChI=1S/C12H14N2O/c1-2-7-14-11-5-3-10(4-6-11)12-8-13-9-15-12/h3-6,8-9,14H,2,7H2,1H3. The first-order valence-corrected chi connectivity index (χ1v) is 5.13. The minimum Gasteiger partial charge on any atom is -0.444 e. The molecule has 1 heterocycles. The summed E-state index contributed by atoms with van der Waals surface area (Å²) in [5.74, 6) is 0.803. The summed E-state index contributed by atoms with van der Waals surface area (Å²) in [6.07, 6.45) is 4.29. The highest BCUT2D eigenvalue weighted by Crippen LogP contribution is 2.20. The summed E-state index contributed by atoms with van der Waals surface area (Å²) in [5.41, 5.74) is 2.19. The van der Waals surface area contributed by atoms with Crippen LogP contribution in [0, 0.1) is 0 Å². The summed E-state index contributed by atoms with van der Waals surface area (Å²) in [6, 6.07) is 8.15. The van der Waals surface area contributed by atoms with Crippen molar-refractivity contribution >= 4 is 5.69 Å². The zero-order valence-electron chi connectivity index (χ0n) is 8.73. The molecule has 0 fully saturated rings. The molecule has 0 aliphatic carbocycles. The zero-order chi connectivity index (χ0) is 10.5. The molecule has 3 heteroatoms. The topological polar surface area (TPSA) is 38.1 Å². The van der Waals surface area contributed by atoms with Crippen LogP contribution < -0.4 is 5.32 Å².